The third-order valence-electron chi connectivity index (χ3n) is 5.27. The number of aromatic nitrogens is 5. The Balaban J connectivity index is 1.56. The largest absolute Gasteiger partial charge is 0.379 e. The van der Waals surface area contributed by atoms with Crippen LogP contribution in [0, 0.1) is 0 Å². The Morgan fingerprint density at radius 3 is 2.77 bits per heavy atom. The van der Waals surface area contributed by atoms with Gasteiger partial charge in [0.2, 0.25) is 0 Å². The minimum Gasteiger partial charge on any atom is -0.379 e. The van der Waals surface area contributed by atoms with Gasteiger partial charge in [0.1, 0.15) is 16.2 Å². The van der Waals surface area contributed by atoms with Gasteiger partial charge in [0.15, 0.2) is 5.82 Å². The maximum atomic E-state index is 5.48. The van der Waals surface area contributed by atoms with Gasteiger partial charge in [0.05, 0.1) is 30.7 Å². The highest BCUT2D eigenvalue weighted by Gasteiger charge is 2.21. The van der Waals surface area contributed by atoms with E-state index in [4.69, 9.17) is 14.7 Å². The van der Waals surface area contributed by atoms with Crippen molar-refractivity contribution in [2.45, 2.75) is 6.54 Å². The summed E-state index contributed by atoms with van der Waals surface area (Å²) in [5.74, 6) is 1.60. The number of para-hydroxylation sites is 1. The van der Waals surface area contributed by atoms with Gasteiger partial charge in [-0.1, -0.05) is 23.4 Å². The highest BCUT2D eigenvalue weighted by Crippen LogP contribution is 2.38. The Bertz CT molecular complexity index is 1320. The predicted octanol–water partition coefficient (Wildman–Crippen LogP) is 3.99. The van der Waals surface area contributed by atoms with Crippen molar-refractivity contribution in [2.24, 2.45) is 0 Å². The summed E-state index contributed by atoms with van der Waals surface area (Å²) in [6, 6.07) is 12.2. The highest BCUT2D eigenvalue weighted by atomic mass is 32.1. The van der Waals surface area contributed by atoms with Crippen molar-refractivity contribution in [3.8, 4) is 16.3 Å². The normalized spacial score (nSPS) is 15.3. The number of ether oxygens (including phenoxy) is 1. The Hall–Kier alpha value is -2.72. The van der Waals surface area contributed by atoms with Gasteiger partial charge in [-0.15, -0.1) is 27.8 Å². The second kappa shape index (κ2) is 7.51. The molecule has 1 aromatic carbocycles. The molecule has 0 unspecified atom stereocenters. The van der Waals surface area contributed by atoms with E-state index in [1.54, 1.807) is 22.7 Å². The zero-order valence-electron chi connectivity index (χ0n) is 16.1. The molecule has 0 atom stereocenters. The molecule has 1 saturated heterocycles. The van der Waals surface area contributed by atoms with Gasteiger partial charge >= 0.3 is 0 Å². The summed E-state index contributed by atoms with van der Waals surface area (Å²) < 4.78 is 7.33. The third kappa shape index (κ3) is 3.10. The summed E-state index contributed by atoms with van der Waals surface area (Å²) in [7, 11) is 0. The summed E-state index contributed by atoms with van der Waals surface area (Å²) in [6.45, 7) is 4.00. The lowest BCUT2D eigenvalue weighted by molar-refractivity contribution is 0.0331. The average molecular weight is 435 g/mol. The molecule has 0 aliphatic carbocycles. The van der Waals surface area contributed by atoms with E-state index in [0.29, 0.717) is 6.54 Å². The third-order valence-corrected chi connectivity index (χ3v) is 7.04. The van der Waals surface area contributed by atoms with Gasteiger partial charge in [-0.25, -0.2) is 9.97 Å². The minimum atomic E-state index is 0.700. The van der Waals surface area contributed by atoms with E-state index in [0.717, 1.165) is 64.8 Å². The van der Waals surface area contributed by atoms with Gasteiger partial charge in [0, 0.05) is 28.9 Å². The minimum absolute atomic E-state index is 0.700. The molecule has 9 heteroatoms. The molecule has 7 nitrogen and oxygen atoms in total. The van der Waals surface area contributed by atoms with Crippen LogP contribution in [0.3, 0.4) is 0 Å². The van der Waals surface area contributed by atoms with Crippen LogP contribution < -0.4 is 0 Å². The fourth-order valence-electron chi connectivity index (χ4n) is 3.79. The van der Waals surface area contributed by atoms with E-state index < -0.39 is 0 Å². The Labute approximate surface area is 180 Å². The standard InChI is InChI=1S/C21H18N6OS2/c1-2-5-16-15(4-1)24-25-27(16)20-19-14(17-6-3-11-29-17)13-30-21(19)23-18(22-20)12-26-7-9-28-10-8-26/h1-6,11,13H,7-10,12H2. The lowest BCUT2D eigenvalue weighted by Gasteiger charge is -2.25. The fourth-order valence-corrected chi connectivity index (χ4v) is 5.56. The van der Waals surface area contributed by atoms with Crippen LogP contribution in [-0.2, 0) is 11.3 Å². The van der Waals surface area contributed by atoms with Crippen LogP contribution in [0.5, 0.6) is 0 Å². The van der Waals surface area contributed by atoms with E-state index in [-0.39, 0.29) is 0 Å². The number of morpholine rings is 1. The highest BCUT2D eigenvalue weighted by molar-refractivity contribution is 7.18. The molecule has 0 spiro atoms. The topological polar surface area (TPSA) is 69.0 Å². The van der Waals surface area contributed by atoms with E-state index in [1.807, 2.05) is 28.9 Å². The zero-order chi connectivity index (χ0) is 19.9. The van der Waals surface area contributed by atoms with E-state index >= 15 is 0 Å². The van der Waals surface area contributed by atoms with Crippen LogP contribution in [0.4, 0.5) is 0 Å². The fraction of sp³-hybridized carbons (Fsp3) is 0.238. The van der Waals surface area contributed by atoms with Crippen LogP contribution in [0.2, 0.25) is 0 Å². The quantitative estimate of drug-likeness (QED) is 0.426. The van der Waals surface area contributed by atoms with Crippen molar-refractivity contribution in [2.75, 3.05) is 26.3 Å². The number of hydrogen-bond acceptors (Lipinski definition) is 8. The molecule has 1 fully saturated rings. The molecule has 0 amide bonds. The van der Waals surface area contributed by atoms with Crippen molar-refractivity contribution >= 4 is 43.9 Å². The number of rotatable bonds is 4. The summed E-state index contributed by atoms with van der Waals surface area (Å²) >= 11 is 3.38. The second-order valence-corrected chi connectivity index (χ2v) is 8.95. The summed E-state index contributed by atoms with van der Waals surface area (Å²) in [4.78, 5) is 14.4. The number of thiophene rings is 2. The zero-order valence-corrected chi connectivity index (χ0v) is 17.7. The Morgan fingerprint density at radius 1 is 1.00 bits per heavy atom. The first kappa shape index (κ1) is 18.1. The van der Waals surface area contributed by atoms with Gasteiger partial charge in [-0.05, 0) is 23.6 Å². The van der Waals surface area contributed by atoms with Crippen LogP contribution in [0.25, 0.3) is 37.5 Å². The van der Waals surface area contributed by atoms with E-state index in [2.05, 4.69) is 38.1 Å². The van der Waals surface area contributed by atoms with Crippen LogP contribution in [-0.4, -0.2) is 56.2 Å². The molecular weight excluding hydrogens is 416 g/mol. The molecule has 0 saturated carbocycles. The SMILES string of the molecule is c1csc(-c2csc3nc(CN4CCOCC4)nc(-n4nnc5ccccc54)c23)c1. The van der Waals surface area contributed by atoms with E-state index in [1.165, 1.54) is 4.88 Å². The Kier molecular flexibility index (Phi) is 4.53. The van der Waals surface area contributed by atoms with Crippen molar-refractivity contribution in [1.29, 1.82) is 0 Å². The van der Waals surface area contributed by atoms with Gasteiger partial charge in [0.25, 0.3) is 0 Å². The molecule has 0 radical (unpaired) electrons. The predicted molar refractivity (Wildman–Crippen MR) is 119 cm³/mol. The summed E-state index contributed by atoms with van der Waals surface area (Å²) in [6.07, 6.45) is 0. The molecule has 150 valence electrons. The number of hydrogen-bond donors (Lipinski definition) is 0. The second-order valence-electron chi connectivity index (χ2n) is 7.15. The van der Waals surface area contributed by atoms with E-state index in [9.17, 15) is 0 Å². The molecule has 30 heavy (non-hydrogen) atoms. The molecular formula is C21H18N6OS2. The maximum absolute atomic E-state index is 5.48. The maximum Gasteiger partial charge on any atom is 0.168 e. The van der Waals surface area contributed by atoms with Crippen molar-refractivity contribution in [3.05, 3.63) is 53.0 Å². The van der Waals surface area contributed by atoms with Gasteiger partial charge in [-0.3, -0.25) is 4.90 Å². The molecule has 1 aliphatic rings. The summed E-state index contributed by atoms with van der Waals surface area (Å²) in [5.41, 5.74) is 2.95. The molecule has 6 rings (SSSR count). The first-order valence-electron chi connectivity index (χ1n) is 9.80. The van der Waals surface area contributed by atoms with Crippen molar-refractivity contribution in [1.82, 2.24) is 29.9 Å². The lowest BCUT2D eigenvalue weighted by Crippen LogP contribution is -2.36. The summed E-state index contributed by atoms with van der Waals surface area (Å²) in [5, 5.41) is 14.1. The molecule has 0 bridgehead atoms. The van der Waals surface area contributed by atoms with Gasteiger partial charge in [-0.2, -0.15) is 4.68 Å². The molecule has 1 aliphatic heterocycles. The average Bonchev–Trinajstić information content (AvgIpc) is 3.53. The Morgan fingerprint density at radius 2 is 1.90 bits per heavy atom. The monoisotopic (exact) mass is 434 g/mol. The van der Waals surface area contributed by atoms with Crippen LogP contribution >= 0.6 is 22.7 Å². The molecule has 5 aromatic rings. The van der Waals surface area contributed by atoms with Crippen molar-refractivity contribution in [3.63, 3.8) is 0 Å². The number of benzene rings is 1. The molecule has 5 heterocycles. The van der Waals surface area contributed by atoms with Crippen LogP contribution in [0.1, 0.15) is 5.82 Å². The smallest absolute Gasteiger partial charge is 0.168 e. The number of fused-ring (bicyclic) bond motifs is 2. The first-order chi connectivity index (χ1) is 14.9. The number of nitrogens with zero attached hydrogens (tertiary/aromatic N) is 6. The van der Waals surface area contributed by atoms with Crippen LogP contribution in [0.15, 0.2) is 47.2 Å². The molecule has 4 aromatic heterocycles. The van der Waals surface area contributed by atoms with Crippen molar-refractivity contribution < 1.29 is 4.74 Å². The lowest BCUT2D eigenvalue weighted by atomic mass is 10.2. The first-order valence-corrected chi connectivity index (χ1v) is 11.6. The van der Waals surface area contributed by atoms with Gasteiger partial charge < -0.3 is 4.74 Å². The molecule has 0 N–H and O–H groups in total.